The van der Waals surface area contributed by atoms with Crippen molar-refractivity contribution < 1.29 is 28.9 Å². The molecule has 4 atom stereocenters. The first kappa shape index (κ1) is 35.0. The summed E-state index contributed by atoms with van der Waals surface area (Å²) in [6.07, 6.45) is 0.728. The molecule has 1 heterocycles. The van der Waals surface area contributed by atoms with Gasteiger partial charge in [0.1, 0.15) is 5.75 Å². The topological polar surface area (TPSA) is 135 Å². The number of nitrogens with zero attached hydrogens (tertiary/aromatic N) is 1. The average Bonchev–Trinajstić information content (AvgIpc) is 2.96. The highest BCUT2D eigenvalue weighted by Gasteiger charge is 2.30. The fraction of sp³-hybridized carbons (Fsp3) is 0.742. The molecule has 2 amide bonds. The molecular formula is C31H54N4O6. The summed E-state index contributed by atoms with van der Waals surface area (Å²) in [6, 6.07) is 6.68. The molecule has 5 N–H and O–H groups in total. The number of hydrogen-bond donors (Lipinski definition) is 4. The highest BCUT2D eigenvalue weighted by molar-refractivity contribution is 5.96. The van der Waals surface area contributed by atoms with Crippen LogP contribution in [0.1, 0.15) is 57.3 Å². The number of aliphatic hydroxyl groups excluding tert-OH is 1. The number of carbonyl (C=O) groups is 2. The Bertz CT molecular complexity index is 893. The molecule has 10 nitrogen and oxygen atoms in total. The Morgan fingerprint density at radius 3 is 2.41 bits per heavy atom. The summed E-state index contributed by atoms with van der Waals surface area (Å²) in [5.41, 5.74) is 6.96. The Morgan fingerprint density at radius 2 is 1.76 bits per heavy atom. The summed E-state index contributed by atoms with van der Waals surface area (Å²) in [4.78, 5) is 28.3. The van der Waals surface area contributed by atoms with Gasteiger partial charge < -0.3 is 35.7 Å². The molecule has 1 saturated heterocycles. The maximum absolute atomic E-state index is 13.0. The summed E-state index contributed by atoms with van der Waals surface area (Å²) in [7, 11) is 1.64. The van der Waals surface area contributed by atoms with Crippen LogP contribution in [0.4, 0.5) is 0 Å². The molecule has 0 bridgehead atoms. The number of hydrogen-bond acceptors (Lipinski definition) is 8. The number of nitrogens with one attached hydrogen (secondary N) is 2. The minimum absolute atomic E-state index is 0.0460. The Morgan fingerprint density at radius 1 is 1.05 bits per heavy atom. The normalized spacial score (nSPS) is 17.2. The maximum Gasteiger partial charge on any atom is 0.255 e. The molecule has 1 aliphatic rings. The lowest BCUT2D eigenvalue weighted by Crippen LogP contribution is -2.45. The van der Waals surface area contributed by atoms with Crippen LogP contribution in [-0.2, 0) is 14.3 Å². The van der Waals surface area contributed by atoms with Crippen molar-refractivity contribution in [2.45, 2.75) is 59.1 Å². The van der Waals surface area contributed by atoms with Gasteiger partial charge in [-0.15, -0.1) is 0 Å². The third-order valence-electron chi connectivity index (χ3n) is 7.89. The van der Waals surface area contributed by atoms with Crippen LogP contribution in [0.2, 0.25) is 0 Å². The van der Waals surface area contributed by atoms with E-state index >= 15 is 0 Å². The second-order valence-corrected chi connectivity index (χ2v) is 11.7. The van der Waals surface area contributed by atoms with Crippen LogP contribution in [0.15, 0.2) is 24.3 Å². The monoisotopic (exact) mass is 578 g/mol. The fourth-order valence-corrected chi connectivity index (χ4v) is 4.99. The van der Waals surface area contributed by atoms with E-state index in [1.807, 2.05) is 26.0 Å². The highest BCUT2D eigenvalue weighted by atomic mass is 16.5. The van der Waals surface area contributed by atoms with Crippen LogP contribution in [0.5, 0.6) is 5.75 Å². The molecule has 10 heteroatoms. The number of para-hydroxylation sites is 1. The van der Waals surface area contributed by atoms with Gasteiger partial charge in [0.15, 0.2) is 0 Å². The van der Waals surface area contributed by atoms with Crippen molar-refractivity contribution in [3.05, 3.63) is 29.8 Å². The molecule has 0 aromatic heterocycles. The molecule has 0 aliphatic carbocycles. The lowest BCUT2D eigenvalue weighted by molar-refractivity contribution is -0.127. The summed E-state index contributed by atoms with van der Waals surface area (Å²) in [5.74, 6) is 0.306. The van der Waals surface area contributed by atoms with Crippen LogP contribution in [-0.4, -0.2) is 100 Å². The first-order chi connectivity index (χ1) is 19.6. The maximum atomic E-state index is 13.0. The second kappa shape index (κ2) is 19.0. The van der Waals surface area contributed by atoms with Crippen LogP contribution < -0.4 is 21.1 Å². The number of methoxy groups -OCH3 is 1. The van der Waals surface area contributed by atoms with E-state index in [1.165, 1.54) is 0 Å². The van der Waals surface area contributed by atoms with Gasteiger partial charge in [-0.2, -0.15) is 0 Å². The van der Waals surface area contributed by atoms with Gasteiger partial charge in [-0.05, 0) is 42.7 Å². The van der Waals surface area contributed by atoms with Gasteiger partial charge in [0.25, 0.3) is 5.91 Å². The molecule has 1 aliphatic heterocycles. The average molecular weight is 579 g/mol. The van der Waals surface area contributed by atoms with Crippen molar-refractivity contribution in [1.29, 1.82) is 0 Å². The highest BCUT2D eigenvalue weighted by Crippen LogP contribution is 2.24. The van der Waals surface area contributed by atoms with E-state index < -0.39 is 12.1 Å². The number of rotatable bonds is 19. The first-order valence-corrected chi connectivity index (χ1v) is 15.1. The largest absolute Gasteiger partial charge is 0.493 e. The Hall–Kier alpha value is -2.24. The molecule has 1 aromatic carbocycles. The molecule has 0 spiro atoms. The van der Waals surface area contributed by atoms with E-state index in [-0.39, 0.29) is 35.5 Å². The number of nitrogens with two attached hydrogens (primary N) is 1. The van der Waals surface area contributed by atoms with Crippen LogP contribution in [0.3, 0.4) is 0 Å². The quantitative estimate of drug-likeness (QED) is 0.184. The second-order valence-electron chi connectivity index (χ2n) is 11.7. The molecule has 41 heavy (non-hydrogen) atoms. The van der Waals surface area contributed by atoms with Crippen LogP contribution >= 0.6 is 0 Å². The predicted octanol–water partition coefficient (Wildman–Crippen LogP) is 2.29. The minimum atomic E-state index is -0.828. The van der Waals surface area contributed by atoms with E-state index in [2.05, 4.69) is 29.4 Å². The molecule has 1 aromatic rings. The smallest absolute Gasteiger partial charge is 0.255 e. The van der Waals surface area contributed by atoms with Crippen molar-refractivity contribution in [3.8, 4) is 5.75 Å². The molecule has 234 valence electrons. The van der Waals surface area contributed by atoms with Gasteiger partial charge >= 0.3 is 0 Å². The number of carbonyl (C=O) groups excluding carboxylic acids is 2. The zero-order valence-corrected chi connectivity index (χ0v) is 25.8. The van der Waals surface area contributed by atoms with Gasteiger partial charge in [0.05, 0.1) is 31.5 Å². The van der Waals surface area contributed by atoms with E-state index in [0.29, 0.717) is 50.5 Å². The summed E-state index contributed by atoms with van der Waals surface area (Å²) in [5, 5.41) is 17.1. The number of ether oxygens (including phenoxy) is 3. The SMILES string of the molecule is COCCCOc1ccccc1C(=O)NC[C@@H](C[C@H](N)[C@@H](O)C[C@H](C(=O)NCCN1CCOCC1)C(C)C)C(C)C. The van der Waals surface area contributed by atoms with E-state index in [1.54, 1.807) is 19.2 Å². The van der Waals surface area contributed by atoms with Crippen LogP contribution in [0.25, 0.3) is 0 Å². The standard InChI is InChI=1S/C31H54N4O6/c1-22(2)24(21-34-30(37)25-9-6-7-10-29(25)41-16-8-15-39-5)19-27(32)28(36)20-26(23(3)4)31(38)33-11-12-35-13-17-40-18-14-35/h6-7,9-10,22-24,26-28,36H,8,11-21,32H2,1-5H3,(H,33,38)(H,34,37)/t24-,26+,27+,28+/m1/s1. The molecule has 1 fully saturated rings. The zero-order valence-electron chi connectivity index (χ0n) is 25.8. The Balaban J connectivity index is 1.87. The van der Waals surface area contributed by atoms with Crippen molar-refractivity contribution in [3.63, 3.8) is 0 Å². The third kappa shape index (κ3) is 12.7. The summed E-state index contributed by atoms with van der Waals surface area (Å²) >= 11 is 0. The number of benzene rings is 1. The van der Waals surface area contributed by atoms with Gasteiger partial charge in [0, 0.05) is 64.8 Å². The minimum Gasteiger partial charge on any atom is -0.493 e. The van der Waals surface area contributed by atoms with E-state index in [9.17, 15) is 14.7 Å². The molecule has 0 unspecified atom stereocenters. The number of aliphatic hydroxyl groups is 1. The zero-order chi connectivity index (χ0) is 30.2. The van der Waals surface area contributed by atoms with Crippen molar-refractivity contribution in [2.75, 3.05) is 66.3 Å². The molecular weight excluding hydrogens is 524 g/mol. The van der Waals surface area contributed by atoms with Crippen molar-refractivity contribution >= 4 is 11.8 Å². The van der Waals surface area contributed by atoms with Gasteiger partial charge in [0.2, 0.25) is 5.91 Å². The number of morpholine rings is 1. The van der Waals surface area contributed by atoms with Gasteiger partial charge in [-0.25, -0.2) is 0 Å². The number of amides is 2. The lowest BCUT2D eigenvalue weighted by atomic mass is 9.83. The fourth-order valence-electron chi connectivity index (χ4n) is 4.99. The van der Waals surface area contributed by atoms with Crippen molar-refractivity contribution in [1.82, 2.24) is 15.5 Å². The van der Waals surface area contributed by atoms with Gasteiger partial charge in [-0.1, -0.05) is 39.8 Å². The third-order valence-corrected chi connectivity index (χ3v) is 7.89. The summed E-state index contributed by atoms with van der Waals surface area (Å²) in [6.45, 7) is 14.2. The van der Waals surface area contributed by atoms with Crippen molar-refractivity contribution in [2.24, 2.45) is 29.4 Å². The lowest BCUT2D eigenvalue weighted by Gasteiger charge is -2.30. The predicted molar refractivity (Wildman–Crippen MR) is 161 cm³/mol. The van der Waals surface area contributed by atoms with Gasteiger partial charge in [-0.3, -0.25) is 14.5 Å². The Kier molecular flexibility index (Phi) is 16.2. The van der Waals surface area contributed by atoms with Crippen LogP contribution in [0, 0.1) is 23.7 Å². The molecule has 0 saturated carbocycles. The Labute approximate surface area is 246 Å². The summed E-state index contributed by atoms with van der Waals surface area (Å²) < 4.78 is 16.2. The molecule has 2 rings (SSSR count). The van der Waals surface area contributed by atoms with E-state index in [4.69, 9.17) is 19.9 Å². The van der Waals surface area contributed by atoms with E-state index in [0.717, 1.165) is 39.3 Å². The molecule has 0 radical (unpaired) electrons. The first-order valence-electron chi connectivity index (χ1n) is 15.1.